The lowest BCUT2D eigenvalue weighted by molar-refractivity contribution is -0.136. The maximum atomic E-state index is 13.7. The molecule has 0 aliphatic heterocycles. The van der Waals surface area contributed by atoms with Gasteiger partial charge in [0, 0.05) is 23.0 Å². The third-order valence-electron chi connectivity index (χ3n) is 2.57. The van der Waals surface area contributed by atoms with Crippen LogP contribution in [0.1, 0.15) is 16.8 Å². The van der Waals surface area contributed by atoms with E-state index in [0.717, 1.165) is 0 Å². The molecular weight excluding hydrogens is 388 g/mol. The smallest absolute Gasteiger partial charge is 0.304 e. The van der Waals surface area contributed by atoms with Crippen LogP contribution in [0, 0.1) is 23.3 Å². The molecule has 0 aromatic heterocycles. The van der Waals surface area contributed by atoms with Crippen molar-refractivity contribution in [2.24, 2.45) is 5.11 Å². The number of carboxylic acids is 1. The average Bonchev–Trinajstić information content (AvgIpc) is 2.56. The summed E-state index contributed by atoms with van der Waals surface area (Å²) < 4.78 is 54.6. The number of azide groups is 1. The van der Waals surface area contributed by atoms with Crippen LogP contribution >= 0.6 is 21.6 Å². The van der Waals surface area contributed by atoms with Gasteiger partial charge >= 0.3 is 5.97 Å². The minimum atomic E-state index is -1.97. The molecule has 0 spiro atoms. The van der Waals surface area contributed by atoms with Crippen molar-refractivity contribution in [2.75, 3.05) is 18.1 Å². The summed E-state index contributed by atoms with van der Waals surface area (Å²) in [6, 6.07) is 0. The van der Waals surface area contributed by atoms with Crippen molar-refractivity contribution in [3.05, 3.63) is 39.3 Å². The van der Waals surface area contributed by atoms with Crippen molar-refractivity contribution >= 4 is 39.2 Å². The molecule has 7 nitrogen and oxygen atoms in total. The SMILES string of the molecule is [N-]=[N+]=Nc1c(F)c(F)c(C(=O)NCCSSCCC(=O)O)c(F)c1F. The lowest BCUT2D eigenvalue weighted by atomic mass is 10.1. The number of carbonyl (C=O) groups is 2. The molecule has 0 fully saturated rings. The van der Waals surface area contributed by atoms with Crippen LogP contribution in [-0.2, 0) is 4.79 Å². The summed E-state index contributed by atoms with van der Waals surface area (Å²) in [6.45, 7) is -0.0796. The lowest BCUT2D eigenvalue weighted by Gasteiger charge is -2.10. The molecular formula is C12H10F4N4O3S2. The molecule has 0 radical (unpaired) electrons. The highest BCUT2D eigenvalue weighted by Crippen LogP contribution is 2.30. The van der Waals surface area contributed by atoms with Gasteiger partial charge in [-0.2, -0.15) is 0 Å². The van der Waals surface area contributed by atoms with E-state index in [4.69, 9.17) is 10.6 Å². The molecule has 13 heteroatoms. The summed E-state index contributed by atoms with van der Waals surface area (Å²) in [5, 5.41) is 13.0. The summed E-state index contributed by atoms with van der Waals surface area (Å²) >= 11 is 0. The van der Waals surface area contributed by atoms with E-state index in [1.165, 1.54) is 21.6 Å². The Balaban J connectivity index is 2.70. The molecule has 0 aliphatic rings. The largest absolute Gasteiger partial charge is 0.481 e. The zero-order chi connectivity index (χ0) is 19.0. The van der Waals surface area contributed by atoms with E-state index in [1.54, 1.807) is 0 Å². The molecule has 0 saturated heterocycles. The zero-order valence-corrected chi connectivity index (χ0v) is 13.9. The standard InChI is InChI=1S/C12H10F4N4O3S2/c13-7-6(8(14)10(16)11(9(7)15)19-20-17)12(23)18-2-4-25-24-3-1-5(21)22/h1-4H2,(H,18,23)(H,21,22). The molecule has 25 heavy (non-hydrogen) atoms. The average molecular weight is 398 g/mol. The molecule has 0 atom stereocenters. The number of carbonyl (C=O) groups excluding carboxylic acids is 1. The Labute approximate surface area is 146 Å². The normalized spacial score (nSPS) is 10.2. The minimum Gasteiger partial charge on any atom is -0.481 e. The molecule has 136 valence electrons. The Hall–Kier alpha value is -2.11. The first-order chi connectivity index (χ1) is 11.8. The summed E-state index contributed by atoms with van der Waals surface area (Å²) in [5.41, 5.74) is 5.16. The number of carboxylic acid groups (broad SMARTS) is 1. The number of aliphatic carboxylic acids is 1. The monoisotopic (exact) mass is 398 g/mol. The van der Waals surface area contributed by atoms with E-state index in [9.17, 15) is 27.2 Å². The second-order valence-corrected chi connectivity index (χ2v) is 6.91. The topological polar surface area (TPSA) is 115 Å². The Morgan fingerprint density at radius 1 is 1.08 bits per heavy atom. The maximum absolute atomic E-state index is 13.7. The van der Waals surface area contributed by atoms with Crippen molar-refractivity contribution in [1.29, 1.82) is 0 Å². The predicted molar refractivity (Wildman–Crippen MR) is 84.6 cm³/mol. The third kappa shape index (κ3) is 5.73. The minimum absolute atomic E-state index is 0.0451. The van der Waals surface area contributed by atoms with Gasteiger partial charge in [-0.05, 0) is 5.53 Å². The summed E-state index contributed by atoms with van der Waals surface area (Å²) in [6.07, 6.45) is -0.0451. The van der Waals surface area contributed by atoms with Crippen molar-refractivity contribution in [3.8, 4) is 0 Å². The highest BCUT2D eigenvalue weighted by atomic mass is 33.1. The molecule has 0 bridgehead atoms. The van der Waals surface area contributed by atoms with Crippen LogP contribution in [-0.4, -0.2) is 35.0 Å². The molecule has 1 amide bonds. The van der Waals surface area contributed by atoms with Crippen molar-refractivity contribution < 1.29 is 32.3 Å². The van der Waals surface area contributed by atoms with Crippen molar-refractivity contribution in [1.82, 2.24) is 5.32 Å². The number of amides is 1. The number of rotatable bonds is 9. The van der Waals surface area contributed by atoms with Gasteiger partial charge in [0.25, 0.3) is 5.91 Å². The van der Waals surface area contributed by atoms with Crippen LogP contribution in [0.5, 0.6) is 0 Å². The molecule has 0 aliphatic carbocycles. The lowest BCUT2D eigenvalue weighted by Crippen LogP contribution is -2.28. The number of halogens is 4. The fourth-order valence-electron chi connectivity index (χ4n) is 1.49. The van der Waals surface area contributed by atoms with E-state index in [-0.39, 0.29) is 18.7 Å². The van der Waals surface area contributed by atoms with E-state index in [1.807, 2.05) is 4.91 Å². The van der Waals surface area contributed by atoms with Crippen LogP contribution in [0.4, 0.5) is 23.2 Å². The number of nitrogens with one attached hydrogen (secondary N) is 1. The predicted octanol–water partition coefficient (Wildman–Crippen LogP) is 3.77. The van der Waals surface area contributed by atoms with E-state index >= 15 is 0 Å². The van der Waals surface area contributed by atoms with Gasteiger partial charge in [-0.25, -0.2) is 17.6 Å². The van der Waals surface area contributed by atoms with Crippen molar-refractivity contribution in [3.63, 3.8) is 0 Å². The first kappa shape index (κ1) is 20.9. The van der Waals surface area contributed by atoms with Crippen molar-refractivity contribution in [2.45, 2.75) is 6.42 Å². The van der Waals surface area contributed by atoms with Crippen LogP contribution in [0.2, 0.25) is 0 Å². The number of nitrogens with zero attached hydrogens (tertiary/aromatic N) is 3. The van der Waals surface area contributed by atoms with Gasteiger partial charge in [-0.15, -0.1) is 0 Å². The van der Waals surface area contributed by atoms with E-state index < -0.39 is 46.4 Å². The second-order valence-electron chi connectivity index (χ2n) is 4.21. The van der Waals surface area contributed by atoms with Gasteiger partial charge in [0.2, 0.25) is 0 Å². The van der Waals surface area contributed by atoms with Gasteiger partial charge < -0.3 is 10.4 Å². The van der Waals surface area contributed by atoms with Crippen LogP contribution in [0.3, 0.4) is 0 Å². The summed E-state index contributed by atoms with van der Waals surface area (Å²) in [4.78, 5) is 24.0. The third-order valence-corrected chi connectivity index (χ3v) is 4.97. The van der Waals surface area contributed by atoms with Gasteiger partial charge in [-0.3, -0.25) is 9.59 Å². The zero-order valence-electron chi connectivity index (χ0n) is 12.3. The first-order valence-electron chi connectivity index (χ1n) is 6.46. The number of benzene rings is 1. The number of hydrogen-bond donors (Lipinski definition) is 2. The molecule has 0 saturated carbocycles. The fraction of sp³-hybridized carbons (Fsp3) is 0.333. The van der Waals surface area contributed by atoms with Gasteiger partial charge in [0.15, 0.2) is 23.3 Å². The molecule has 1 rings (SSSR count). The summed E-state index contributed by atoms with van der Waals surface area (Å²) in [7, 11) is 2.42. The Morgan fingerprint density at radius 3 is 2.16 bits per heavy atom. The Morgan fingerprint density at radius 2 is 1.64 bits per heavy atom. The Kier molecular flexibility index (Phi) is 8.38. The molecule has 1 aromatic carbocycles. The van der Waals surface area contributed by atoms with E-state index in [0.29, 0.717) is 5.75 Å². The molecule has 2 N–H and O–H groups in total. The number of hydrogen-bond acceptors (Lipinski definition) is 5. The first-order valence-corrected chi connectivity index (χ1v) is 8.95. The second kappa shape index (κ2) is 10.0. The molecule has 0 unspecified atom stereocenters. The summed E-state index contributed by atoms with van der Waals surface area (Å²) in [5.74, 6) is -9.63. The Bertz CT molecular complexity index is 700. The van der Waals surface area contributed by atoms with E-state index in [2.05, 4.69) is 10.4 Å². The van der Waals surface area contributed by atoms with Crippen LogP contribution in [0.15, 0.2) is 5.11 Å². The maximum Gasteiger partial charge on any atom is 0.304 e. The van der Waals surface area contributed by atoms with Gasteiger partial charge in [0.05, 0.1) is 6.42 Å². The van der Waals surface area contributed by atoms with Crippen LogP contribution in [0.25, 0.3) is 10.4 Å². The highest BCUT2D eigenvalue weighted by molar-refractivity contribution is 8.76. The quantitative estimate of drug-likeness (QED) is 0.125. The molecule has 0 heterocycles. The highest BCUT2D eigenvalue weighted by Gasteiger charge is 2.28. The molecule has 1 aromatic rings. The van der Waals surface area contributed by atoms with Gasteiger partial charge in [0.1, 0.15) is 11.3 Å². The van der Waals surface area contributed by atoms with Gasteiger partial charge in [-0.1, -0.05) is 26.7 Å². The fourth-order valence-corrected chi connectivity index (χ4v) is 3.38. The van der Waals surface area contributed by atoms with Crippen LogP contribution < -0.4 is 5.32 Å².